The molecular weight excluding hydrogens is 390 g/mol. The Bertz CT molecular complexity index is 647. The van der Waals surface area contributed by atoms with E-state index >= 15 is 0 Å². The molecule has 5 nitrogen and oxygen atoms in total. The predicted octanol–water partition coefficient (Wildman–Crippen LogP) is 5.73. The molecular formula is C23H34ClNO4. The normalized spacial score (nSPS) is 22.9. The molecule has 0 amide bonds. The maximum absolute atomic E-state index is 12.1. The Morgan fingerprint density at radius 2 is 1.79 bits per heavy atom. The zero-order valence-corrected chi connectivity index (χ0v) is 18.7. The fourth-order valence-electron chi connectivity index (χ4n) is 3.90. The summed E-state index contributed by atoms with van der Waals surface area (Å²) in [4.78, 5) is 26.3. The maximum Gasteiger partial charge on any atom is 0.311 e. The molecule has 0 spiro atoms. The van der Waals surface area contributed by atoms with Gasteiger partial charge in [0.05, 0.1) is 12.0 Å². The van der Waals surface area contributed by atoms with Crippen molar-refractivity contribution in [3.8, 4) is 0 Å². The van der Waals surface area contributed by atoms with Crippen LogP contribution in [0.25, 0.3) is 0 Å². The molecule has 0 aliphatic heterocycles. The molecule has 1 aromatic rings. The highest BCUT2D eigenvalue weighted by atomic mass is 35.5. The Labute approximate surface area is 179 Å². The summed E-state index contributed by atoms with van der Waals surface area (Å²) in [5, 5.41) is 0.432. The van der Waals surface area contributed by atoms with Crippen molar-refractivity contribution in [3.63, 3.8) is 0 Å². The van der Waals surface area contributed by atoms with Gasteiger partial charge in [-0.25, -0.2) is 4.98 Å². The lowest BCUT2D eigenvalue weighted by Gasteiger charge is -2.27. The van der Waals surface area contributed by atoms with Gasteiger partial charge in [0.15, 0.2) is 0 Å². The molecule has 0 atom stereocenters. The third-order valence-electron chi connectivity index (χ3n) is 6.02. The van der Waals surface area contributed by atoms with Crippen LogP contribution in [0, 0.1) is 17.3 Å². The smallest absolute Gasteiger partial charge is 0.311 e. The third kappa shape index (κ3) is 8.33. The molecule has 2 aliphatic carbocycles. The zero-order chi connectivity index (χ0) is 21.3. The first-order chi connectivity index (χ1) is 13.8. The molecule has 0 radical (unpaired) electrons. The lowest BCUT2D eigenvalue weighted by Crippen LogP contribution is -2.29. The summed E-state index contributed by atoms with van der Waals surface area (Å²) >= 11 is 5.56. The number of hydrogen-bond acceptors (Lipinski definition) is 5. The lowest BCUT2D eigenvalue weighted by molar-refractivity contribution is -0.156. The second-order valence-corrected chi connectivity index (χ2v) is 9.15. The highest BCUT2D eigenvalue weighted by molar-refractivity contribution is 6.29. The lowest BCUT2D eigenvalue weighted by atomic mass is 9.83. The predicted molar refractivity (Wildman–Crippen MR) is 113 cm³/mol. The van der Waals surface area contributed by atoms with Crippen LogP contribution in [-0.4, -0.2) is 23.5 Å². The van der Waals surface area contributed by atoms with Crippen LogP contribution in [0.4, 0.5) is 0 Å². The van der Waals surface area contributed by atoms with Gasteiger partial charge in [-0.3, -0.25) is 9.59 Å². The highest BCUT2D eigenvalue weighted by Crippen LogP contribution is 2.39. The summed E-state index contributed by atoms with van der Waals surface area (Å²) in [5.74, 6) is 1.26. The Balaban J connectivity index is 0.000000221. The van der Waals surface area contributed by atoms with E-state index in [0.29, 0.717) is 17.7 Å². The number of ether oxygens (including phenoxy) is 2. The van der Waals surface area contributed by atoms with Crippen LogP contribution in [-0.2, 0) is 25.7 Å². The van der Waals surface area contributed by atoms with E-state index in [9.17, 15) is 9.59 Å². The zero-order valence-electron chi connectivity index (χ0n) is 17.9. The van der Waals surface area contributed by atoms with E-state index in [1.165, 1.54) is 45.4 Å². The van der Waals surface area contributed by atoms with E-state index in [0.717, 1.165) is 24.3 Å². The molecule has 1 aromatic heterocycles. The van der Waals surface area contributed by atoms with Crippen LogP contribution < -0.4 is 0 Å². The highest BCUT2D eigenvalue weighted by Gasteiger charge is 2.38. The first-order valence-electron chi connectivity index (χ1n) is 10.7. The van der Waals surface area contributed by atoms with Crippen LogP contribution in [0.3, 0.4) is 0 Å². The van der Waals surface area contributed by atoms with Gasteiger partial charge in [0.1, 0.15) is 11.8 Å². The Kier molecular flexibility index (Phi) is 9.41. The number of carbonyl (C=O) groups is 2. The van der Waals surface area contributed by atoms with E-state index < -0.39 is 0 Å². The molecule has 29 heavy (non-hydrogen) atoms. The molecule has 0 bridgehead atoms. The molecule has 0 N–H and O–H groups in total. The molecule has 2 fully saturated rings. The molecule has 2 saturated carbocycles. The van der Waals surface area contributed by atoms with Crippen molar-refractivity contribution in [2.45, 2.75) is 78.7 Å². The molecule has 0 saturated heterocycles. The number of hydrogen-bond donors (Lipinski definition) is 0. The molecule has 6 heteroatoms. The minimum atomic E-state index is -0.301. The van der Waals surface area contributed by atoms with Gasteiger partial charge in [0, 0.05) is 18.7 Å². The Hall–Kier alpha value is -1.62. The van der Waals surface area contributed by atoms with Gasteiger partial charge < -0.3 is 9.47 Å². The van der Waals surface area contributed by atoms with Crippen molar-refractivity contribution in [2.24, 2.45) is 17.3 Å². The van der Waals surface area contributed by atoms with E-state index in [1.807, 2.05) is 0 Å². The van der Waals surface area contributed by atoms with Gasteiger partial charge in [-0.05, 0) is 50.5 Å². The van der Waals surface area contributed by atoms with Gasteiger partial charge in [0.25, 0.3) is 0 Å². The number of aromatic nitrogens is 1. The topological polar surface area (TPSA) is 65.5 Å². The van der Waals surface area contributed by atoms with E-state index in [4.69, 9.17) is 21.1 Å². The Morgan fingerprint density at radius 3 is 2.34 bits per heavy atom. The van der Waals surface area contributed by atoms with Crippen LogP contribution in [0.15, 0.2) is 18.3 Å². The van der Waals surface area contributed by atoms with Crippen molar-refractivity contribution in [1.29, 1.82) is 0 Å². The summed E-state index contributed by atoms with van der Waals surface area (Å²) < 4.78 is 10.3. The van der Waals surface area contributed by atoms with Crippen LogP contribution in [0.5, 0.6) is 0 Å². The standard InChI is InChI=1S/C15H26O2.C8H8ClNO2/c1-12-5-7-13(8-6-12)11-17-14(16)15(2)9-3-4-10-15;1-6(11)12-5-7-2-3-8(9)10-4-7/h12-13H,3-11H2,1-2H3;2-4H,5H2,1H3. The van der Waals surface area contributed by atoms with Crippen LogP contribution in [0.2, 0.25) is 5.15 Å². The average Bonchev–Trinajstić information content (AvgIpc) is 3.15. The fraction of sp³-hybridized carbons (Fsp3) is 0.696. The first-order valence-corrected chi connectivity index (χ1v) is 11.1. The maximum atomic E-state index is 12.1. The summed E-state index contributed by atoms with van der Waals surface area (Å²) in [6.07, 6.45) is 11.1. The molecule has 3 rings (SSSR count). The average molecular weight is 424 g/mol. The van der Waals surface area contributed by atoms with Crippen molar-refractivity contribution in [2.75, 3.05) is 6.61 Å². The monoisotopic (exact) mass is 423 g/mol. The number of carbonyl (C=O) groups excluding carboxylic acids is 2. The van der Waals surface area contributed by atoms with Gasteiger partial charge in [-0.2, -0.15) is 0 Å². The minimum absolute atomic E-state index is 0.0635. The van der Waals surface area contributed by atoms with Crippen LogP contribution >= 0.6 is 11.6 Å². The Morgan fingerprint density at radius 1 is 1.14 bits per heavy atom. The van der Waals surface area contributed by atoms with E-state index in [2.05, 4.69) is 18.8 Å². The van der Waals surface area contributed by atoms with E-state index in [-0.39, 0.29) is 24.0 Å². The summed E-state index contributed by atoms with van der Waals surface area (Å²) in [5.41, 5.74) is 0.664. The number of pyridine rings is 1. The fourth-order valence-corrected chi connectivity index (χ4v) is 4.01. The van der Waals surface area contributed by atoms with Crippen molar-refractivity contribution < 1.29 is 19.1 Å². The summed E-state index contributed by atoms with van der Waals surface area (Å²) in [7, 11) is 0. The van der Waals surface area contributed by atoms with E-state index in [1.54, 1.807) is 18.3 Å². The quantitative estimate of drug-likeness (QED) is 0.446. The largest absolute Gasteiger partial charge is 0.465 e. The third-order valence-corrected chi connectivity index (χ3v) is 6.24. The van der Waals surface area contributed by atoms with Gasteiger partial charge >= 0.3 is 11.9 Å². The first kappa shape index (κ1) is 23.7. The van der Waals surface area contributed by atoms with Crippen molar-refractivity contribution in [1.82, 2.24) is 4.98 Å². The molecule has 162 valence electrons. The van der Waals surface area contributed by atoms with Crippen molar-refractivity contribution in [3.05, 3.63) is 29.0 Å². The second-order valence-electron chi connectivity index (χ2n) is 8.76. The molecule has 0 unspecified atom stereocenters. The molecule has 2 aliphatic rings. The van der Waals surface area contributed by atoms with Gasteiger partial charge in [-0.15, -0.1) is 0 Å². The number of nitrogens with zero attached hydrogens (tertiary/aromatic N) is 1. The second kappa shape index (κ2) is 11.5. The van der Waals surface area contributed by atoms with Crippen LogP contribution in [0.1, 0.15) is 77.7 Å². The number of halogens is 1. The summed E-state index contributed by atoms with van der Waals surface area (Å²) in [6.45, 7) is 6.68. The minimum Gasteiger partial charge on any atom is -0.465 e. The summed E-state index contributed by atoms with van der Waals surface area (Å²) in [6, 6.07) is 3.42. The van der Waals surface area contributed by atoms with Gasteiger partial charge in [-0.1, -0.05) is 50.3 Å². The number of rotatable bonds is 5. The molecule has 0 aromatic carbocycles. The molecule has 1 heterocycles. The van der Waals surface area contributed by atoms with Crippen molar-refractivity contribution >= 4 is 23.5 Å². The van der Waals surface area contributed by atoms with Gasteiger partial charge in [0.2, 0.25) is 0 Å². The SMILES string of the molecule is CC(=O)OCc1ccc(Cl)nc1.CC1CCC(COC(=O)C2(C)CCCC2)CC1. The number of esters is 2.